The maximum absolute atomic E-state index is 15.5. The van der Waals surface area contributed by atoms with E-state index in [9.17, 15) is 12.8 Å². The summed E-state index contributed by atoms with van der Waals surface area (Å²) in [7, 11) is -3.95. The molecule has 1 aliphatic heterocycles. The van der Waals surface area contributed by atoms with Crippen LogP contribution in [-0.4, -0.2) is 51.7 Å². The summed E-state index contributed by atoms with van der Waals surface area (Å²) in [6.45, 7) is 3.46. The summed E-state index contributed by atoms with van der Waals surface area (Å²) in [5, 5.41) is 11.8. The molecule has 4 aromatic rings. The second kappa shape index (κ2) is 8.16. The quantitative estimate of drug-likeness (QED) is 0.391. The lowest BCUT2D eigenvalue weighted by atomic mass is 9.84. The first-order chi connectivity index (χ1) is 17.6. The van der Waals surface area contributed by atoms with Crippen LogP contribution in [0.2, 0.25) is 0 Å². The lowest BCUT2D eigenvalue weighted by Gasteiger charge is -2.30. The van der Waals surface area contributed by atoms with Gasteiger partial charge in [0.2, 0.25) is 10.0 Å². The first-order valence-corrected chi connectivity index (χ1v) is 13.7. The van der Waals surface area contributed by atoms with Crippen molar-refractivity contribution in [2.75, 3.05) is 13.1 Å². The zero-order valence-electron chi connectivity index (χ0n) is 20.4. The van der Waals surface area contributed by atoms with E-state index in [0.29, 0.717) is 34.3 Å². The molecule has 6 rings (SSSR count). The molecule has 3 heterocycles. The average Bonchev–Trinajstić information content (AvgIpc) is 3.27. The summed E-state index contributed by atoms with van der Waals surface area (Å²) in [5.74, 6) is -4.51. The number of aromatic nitrogens is 4. The molecular weight excluding hydrogens is 503 g/mol. The number of piperidine rings is 1. The number of aryl methyl sites for hydroxylation is 2. The number of sulfonamides is 1. The summed E-state index contributed by atoms with van der Waals surface area (Å²) in [6.07, 6.45) is 4.17. The molecule has 2 fully saturated rings. The highest BCUT2D eigenvalue weighted by atomic mass is 32.2. The Morgan fingerprint density at radius 3 is 2.65 bits per heavy atom. The molecule has 0 bridgehead atoms. The monoisotopic (exact) mass is 529 g/mol. The zero-order valence-corrected chi connectivity index (χ0v) is 21.2. The van der Waals surface area contributed by atoms with Crippen molar-refractivity contribution in [1.29, 1.82) is 0 Å². The van der Waals surface area contributed by atoms with Crippen LogP contribution in [0, 0.1) is 18.7 Å². The molecule has 7 nitrogen and oxygen atoms in total. The molecule has 0 amide bonds. The second-order valence-corrected chi connectivity index (χ2v) is 11.9. The van der Waals surface area contributed by atoms with E-state index in [2.05, 4.69) is 15.3 Å². The van der Waals surface area contributed by atoms with Crippen LogP contribution in [0.15, 0.2) is 53.7 Å². The molecule has 194 valence electrons. The highest BCUT2D eigenvalue weighted by Crippen LogP contribution is 2.71. The van der Waals surface area contributed by atoms with E-state index >= 15 is 8.78 Å². The van der Waals surface area contributed by atoms with Gasteiger partial charge in [-0.2, -0.15) is 14.5 Å². The van der Waals surface area contributed by atoms with Gasteiger partial charge >= 0.3 is 0 Å². The number of rotatable bonds is 6. The highest BCUT2D eigenvalue weighted by Gasteiger charge is 2.82. The number of nitrogens with one attached hydrogen (secondary N) is 1. The molecule has 11 heteroatoms. The fraction of sp³-hybridized carbons (Fsp3) is 0.385. The van der Waals surface area contributed by atoms with Gasteiger partial charge in [0.05, 0.1) is 34.4 Å². The number of hydrogen-bond acceptors (Lipinski definition) is 4. The Kier molecular flexibility index (Phi) is 5.33. The summed E-state index contributed by atoms with van der Waals surface area (Å²) >= 11 is 0. The van der Waals surface area contributed by atoms with Gasteiger partial charge in [0.15, 0.2) is 0 Å². The number of fused-ring (bicyclic) bond motifs is 2. The van der Waals surface area contributed by atoms with Gasteiger partial charge in [0.25, 0.3) is 5.92 Å². The molecule has 2 aromatic heterocycles. The van der Waals surface area contributed by atoms with Crippen LogP contribution in [0.25, 0.3) is 16.6 Å². The summed E-state index contributed by atoms with van der Waals surface area (Å²) < 4.78 is 74.0. The highest BCUT2D eigenvalue weighted by molar-refractivity contribution is 7.89. The second-order valence-electron chi connectivity index (χ2n) is 9.96. The molecule has 2 aliphatic rings. The Hall–Kier alpha value is -3.18. The number of aromatic amines is 1. The third-order valence-electron chi connectivity index (χ3n) is 7.94. The fourth-order valence-corrected chi connectivity index (χ4v) is 7.60. The molecule has 2 aromatic carbocycles. The van der Waals surface area contributed by atoms with E-state index in [-0.39, 0.29) is 30.2 Å². The van der Waals surface area contributed by atoms with Gasteiger partial charge in [-0.3, -0.25) is 5.10 Å². The van der Waals surface area contributed by atoms with Crippen molar-refractivity contribution >= 4 is 20.9 Å². The molecule has 0 radical (unpaired) electrons. The predicted octanol–water partition coefficient (Wildman–Crippen LogP) is 4.75. The molecule has 37 heavy (non-hydrogen) atoms. The van der Waals surface area contributed by atoms with Gasteiger partial charge in [-0.25, -0.2) is 26.3 Å². The van der Waals surface area contributed by atoms with E-state index < -0.39 is 27.3 Å². The summed E-state index contributed by atoms with van der Waals surface area (Å²) in [6, 6.07) is 9.48. The van der Waals surface area contributed by atoms with E-state index in [0.717, 1.165) is 11.9 Å². The molecule has 1 aliphatic carbocycles. The lowest BCUT2D eigenvalue weighted by molar-refractivity contribution is 0.0777. The molecule has 1 saturated carbocycles. The molecular formula is C26H26F3N5O2S. The number of nitrogens with zero attached hydrogens (tertiary/aromatic N) is 4. The van der Waals surface area contributed by atoms with Gasteiger partial charge in [-0.1, -0.05) is 13.3 Å². The minimum absolute atomic E-state index is 0.00249. The van der Waals surface area contributed by atoms with Crippen molar-refractivity contribution in [3.05, 3.63) is 71.4 Å². The lowest BCUT2D eigenvalue weighted by Crippen LogP contribution is -2.40. The minimum Gasteiger partial charge on any atom is -0.284 e. The zero-order chi connectivity index (χ0) is 26.2. The topological polar surface area (TPSA) is 83.9 Å². The van der Waals surface area contributed by atoms with Gasteiger partial charge in [0, 0.05) is 24.7 Å². The van der Waals surface area contributed by atoms with E-state index in [1.165, 1.54) is 22.6 Å². The number of benzene rings is 2. The van der Waals surface area contributed by atoms with Crippen molar-refractivity contribution in [2.45, 2.75) is 49.3 Å². The standard InChI is InChI=1S/C26H26F3N5O2S/c1-3-4-21-23(14-30-32-21)37(35,36)33-10-9-25(24(15-33)26(25,28)29)20-12-17-13-31-34(22(17)11-16(20)2)19-7-5-18(27)6-8-19/h5-8,11-14,24H,3-4,9-10,15H2,1-2H3,(H,30,32). The average molecular weight is 530 g/mol. The van der Waals surface area contributed by atoms with Crippen molar-refractivity contribution in [2.24, 2.45) is 5.92 Å². The summed E-state index contributed by atoms with van der Waals surface area (Å²) in [5.41, 5.74) is 1.62. The first kappa shape index (κ1) is 24.2. The van der Waals surface area contributed by atoms with Gasteiger partial charge in [-0.05, 0) is 67.3 Å². The summed E-state index contributed by atoms with van der Waals surface area (Å²) in [4.78, 5) is 0.0663. The van der Waals surface area contributed by atoms with Crippen molar-refractivity contribution in [3.8, 4) is 5.69 Å². The Morgan fingerprint density at radius 2 is 1.95 bits per heavy atom. The minimum atomic E-state index is -3.95. The first-order valence-electron chi connectivity index (χ1n) is 12.3. The molecule has 0 spiro atoms. The van der Waals surface area contributed by atoms with Crippen LogP contribution in [0.4, 0.5) is 13.2 Å². The van der Waals surface area contributed by atoms with E-state index in [1.807, 2.05) is 13.0 Å². The van der Waals surface area contributed by atoms with Crippen LogP contribution in [0.1, 0.15) is 36.6 Å². The SMILES string of the molecule is CCCc1n[nH]cc1S(=O)(=O)N1CCC2(c3cc4cnn(-c5ccc(F)cc5)c4cc3C)C(C1)C2(F)F. The normalized spacial score (nSPS) is 23.3. The predicted molar refractivity (Wildman–Crippen MR) is 132 cm³/mol. The Morgan fingerprint density at radius 1 is 1.19 bits per heavy atom. The van der Waals surface area contributed by atoms with Crippen molar-refractivity contribution < 1.29 is 21.6 Å². The van der Waals surface area contributed by atoms with Crippen LogP contribution < -0.4 is 0 Å². The van der Waals surface area contributed by atoms with Crippen LogP contribution in [0.5, 0.6) is 0 Å². The Bertz CT molecular complexity index is 1610. The third kappa shape index (κ3) is 3.40. The smallest absolute Gasteiger partial charge is 0.263 e. The maximum atomic E-state index is 15.5. The Labute approximate surface area is 212 Å². The number of halogens is 3. The van der Waals surface area contributed by atoms with Crippen LogP contribution >= 0.6 is 0 Å². The molecule has 1 N–H and O–H groups in total. The van der Waals surface area contributed by atoms with Crippen LogP contribution in [0.3, 0.4) is 0 Å². The van der Waals surface area contributed by atoms with Gasteiger partial charge in [0.1, 0.15) is 10.7 Å². The van der Waals surface area contributed by atoms with E-state index in [1.54, 1.807) is 36.0 Å². The molecule has 2 unspecified atom stereocenters. The number of alkyl halides is 2. The number of hydrogen-bond donors (Lipinski definition) is 1. The molecule has 1 saturated heterocycles. The van der Waals surface area contributed by atoms with E-state index in [4.69, 9.17) is 0 Å². The number of H-pyrrole nitrogens is 1. The maximum Gasteiger partial charge on any atom is 0.263 e. The Balaban J connectivity index is 1.34. The fourth-order valence-electron chi connectivity index (χ4n) is 5.99. The van der Waals surface area contributed by atoms with Crippen molar-refractivity contribution in [1.82, 2.24) is 24.3 Å². The van der Waals surface area contributed by atoms with Crippen LogP contribution in [-0.2, 0) is 21.9 Å². The van der Waals surface area contributed by atoms with Gasteiger partial charge < -0.3 is 0 Å². The molecule has 2 atom stereocenters. The third-order valence-corrected chi connectivity index (χ3v) is 9.86. The largest absolute Gasteiger partial charge is 0.284 e. The van der Waals surface area contributed by atoms with Crippen molar-refractivity contribution in [3.63, 3.8) is 0 Å². The van der Waals surface area contributed by atoms with Gasteiger partial charge in [-0.15, -0.1) is 0 Å².